The molecule has 1 nitrogen and oxygen atoms in total. The maximum absolute atomic E-state index is 12.3. The highest BCUT2D eigenvalue weighted by Gasteiger charge is 2.21. The molecule has 0 aliphatic heterocycles. The van der Waals surface area contributed by atoms with Gasteiger partial charge in [0.15, 0.2) is 0 Å². The molecule has 2 saturated carbocycles. The molecule has 0 atom stereocenters. The summed E-state index contributed by atoms with van der Waals surface area (Å²) in [5.41, 5.74) is 1.22. The van der Waals surface area contributed by atoms with Gasteiger partial charge in [0.1, 0.15) is 5.75 Å². The van der Waals surface area contributed by atoms with Crippen molar-refractivity contribution >= 4 is 0 Å². The lowest BCUT2D eigenvalue weighted by Crippen LogP contribution is -2.13. The molecule has 0 radical (unpaired) electrons. The molecule has 0 bridgehead atoms. The van der Waals surface area contributed by atoms with Crippen LogP contribution >= 0.6 is 0 Å². The van der Waals surface area contributed by atoms with Crippen LogP contribution in [-0.4, -0.2) is 6.61 Å². The second-order valence-corrected chi connectivity index (χ2v) is 9.42. The van der Waals surface area contributed by atoms with Crippen molar-refractivity contribution in [2.24, 2.45) is 17.8 Å². The molecular weight excluding hydrogens is 390 g/mol. The zero-order valence-corrected chi connectivity index (χ0v) is 19.0. The zero-order chi connectivity index (χ0) is 21.9. The Labute approximate surface area is 187 Å². The van der Waals surface area contributed by atoms with Crippen LogP contribution in [0, 0.1) is 29.6 Å². The summed E-state index contributed by atoms with van der Waals surface area (Å²) in [6.07, 6.45) is 19.9. The minimum Gasteiger partial charge on any atom is -0.435 e. The van der Waals surface area contributed by atoms with E-state index in [2.05, 4.69) is 35.7 Å². The summed E-state index contributed by atoms with van der Waals surface area (Å²) in [7, 11) is 0. The molecule has 170 valence electrons. The summed E-state index contributed by atoms with van der Waals surface area (Å²) >= 11 is 0. The molecule has 0 spiro atoms. The van der Waals surface area contributed by atoms with Gasteiger partial charge in [0.05, 0.1) is 0 Å². The van der Waals surface area contributed by atoms with E-state index in [9.17, 15) is 8.78 Å². The molecule has 0 N–H and O–H groups in total. The summed E-state index contributed by atoms with van der Waals surface area (Å²) < 4.78 is 29.0. The van der Waals surface area contributed by atoms with Crippen LogP contribution in [-0.2, 0) is 0 Å². The van der Waals surface area contributed by atoms with Crippen molar-refractivity contribution in [3.05, 3.63) is 42.0 Å². The molecule has 2 aliphatic carbocycles. The zero-order valence-electron chi connectivity index (χ0n) is 19.0. The average Bonchev–Trinajstić information content (AvgIpc) is 2.78. The van der Waals surface area contributed by atoms with Gasteiger partial charge in [-0.25, -0.2) is 0 Å². The topological polar surface area (TPSA) is 9.23 Å². The van der Waals surface area contributed by atoms with E-state index in [0.717, 1.165) is 37.5 Å². The van der Waals surface area contributed by atoms with Gasteiger partial charge in [0.25, 0.3) is 0 Å². The lowest BCUT2D eigenvalue weighted by molar-refractivity contribution is -0.0498. The second-order valence-electron chi connectivity index (χ2n) is 9.42. The number of unbranched alkanes of at least 4 members (excludes halogenated alkanes) is 2. The van der Waals surface area contributed by atoms with Gasteiger partial charge in [0.2, 0.25) is 0 Å². The summed E-state index contributed by atoms with van der Waals surface area (Å²) in [6, 6.07) is 7.15. The fourth-order valence-corrected chi connectivity index (χ4v) is 5.20. The quantitative estimate of drug-likeness (QED) is 0.298. The first kappa shape index (κ1) is 23.8. The van der Waals surface area contributed by atoms with Gasteiger partial charge in [-0.15, -0.1) is 0 Å². The molecular formula is C28H38F2O. The number of ether oxygens (including phenoxy) is 1. The predicted octanol–water partition coefficient (Wildman–Crippen LogP) is 8.51. The highest BCUT2D eigenvalue weighted by Crippen LogP contribution is 2.36. The number of allylic oxidation sites excluding steroid dienone is 2. The molecule has 2 fully saturated rings. The van der Waals surface area contributed by atoms with Crippen LogP contribution in [0.4, 0.5) is 8.78 Å². The molecule has 1 aromatic rings. The number of halogens is 2. The van der Waals surface area contributed by atoms with Crippen molar-refractivity contribution in [3.63, 3.8) is 0 Å². The van der Waals surface area contributed by atoms with Crippen molar-refractivity contribution in [3.8, 4) is 17.6 Å². The lowest BCUT2D eigenvalue weighted by atomic mass is 9.79. The van der Waals surface area contributed by atoms with Crippen LogP contribution < -0.4 is 4.74 Å². The molecule has 1 aromatic carbocycles. The van der Waals surface area contributed by atoms with E-state index in [0.29, 0.717) is 11.8 Å². The SMILES string of the molecule is CCCCC[C@H]1CC[C@H](C=CC#C[C@H]2CC[C@H](c3ccc(OC(F)F)cc3)CC2)CC1. The number of hydrogen-bond donors (Lipinski definition) is 0. The van der Waals surface area contributed by atoms with Crippen molar-refractivity contribution in [1.82, 2.24) is 0 Å². The van der Waals surface area contributed by atoms with Gasteiger partial charge in [0, 0.05) is 5.92 Å². The summed E-state index contributed by atoms with van der Waals surface area (Å²) in [4.78, 5) is 0. The van der Waals surface area contributed by atoms with Crippen LogP contribution in [0.15, 0.2) is 36.4 Å². The van der Waals surface area contributed by atoms with Gasteiger partial charge >= 0.3 is 6.61 Å². The Hall–Kier alpha value is -1.82. The number of alkyl halides is 2. The Kier molecular flexibility index (Phi) is 9.91. The second kappa shape index (κ2) is 12.9. The van der Waals surface area contributed by atoms with Crippen LogP contribution in [0.2, 0.25) is 0 Å². The van der Waals surface area contributed by atoms with E-state index >= 15 is 0 Å². The first-order chi connectivity index (χ1) is 15.1. The van der Waals surface area contributed by atoms with Crippen LogP contribution in [0.25, 0.3) is 0 Å². The Morgan fingerprint density at radius 2 is 1.68 bits per heavy atom. The normalized spacial score (nSPS) is 26.6. The Morgan fingerprint density at radius 3 is 2.32 bits per heavy atom. The van der Waals surface area contributed by atoms with E-state index in [4.69, 9.17) is 0 Å². The van der Waals surface area contributed by atoms with Gasteiger partial charge in [-0.2, -0.15) is 8.78 Å². The molecule has 2 aliphatic rings. The third-order valence-electron chi connectivity index (χ3n) is 7.15. The molecule has 0 saturated heterocycles. The molecule has 0 aromatic heterocycles. The van der Waals surface area contributed by atoms with Crippen molar-refractivity contribution in [2.45, 2.75) is 96.5 Å². The smallest absolute Gasteiger partial charge is 0.387 e. The number of hydrogen-bond acceptors (Lipinski definition) is 1. The van der Waals surface area contributed by atoms with Crippen LogP contribution in [0.1, 0.15) is 95.5 Å². The van der Waals surface area contributed by atoms with Gasteiger partial charge in [-0.05, 0) is 92.9 Å². The number of benzene rings is 1. The highest BCUT2D eigenvalue weighted by molar-refractivity contribution is 5.30. The lowest BCUT2D eigenvalue weighted by Gasteiger charge is -2.26. The van der Waals surface area contributed by atoms with Crippen molar-refractivity contribution in [1.29, 1.82) is 0 Å². The van der Waals surface area contributed by atoms with E-state index in [-0.39, 0.29) is 5.75 Å². The molecule has 0 heterocycles. The predicted molar refractivity (Wildman–Crippen MR) is 124 cm³/mol. The maximum Gasteiger partial charge on any atom is 0.387 e. The summed E-state index contributed by atoms with van der Waals surface area (Å²) in [6.45, 7) is -0.483. The third kappa shape index (κ3) is 8.32. The van der Waals surface area contributed by atoms with Gasteiger partial charge in [-0.1, -0.05) is 62.7 Å². The average molecular weight is 429 g/mol. The van der Waals surface area contributed by atoms with E-state index in [1.54, 1.807) is 12.1 Å². The summed E-state index contributed by atoms with van der Waals surface area (Å²) in [5.74, 6) is 9.69. The van der Waals surface area contributed by atoms with Gasteiger partial charge < -0.3 is 4.74 Å². The number of rotatable bonds is 8. The van der Waals surface area contributed by atoms with E-state index < -0.39 is 6.61 Å². The standard InChI is InChI=1S/C28H38F2O/c1-2-3-4-7-22-10-12-23(13-11-22)8-5-6-9-24-14-16-25(17-15-24)26-18-20-27(21-19-26)31-28(29)30/h5,8,18-25,28H,2-4,7,10-17H2,1H3/t22-,23-,24-,25-. The van der Waals surface area contributed by atoms with Crippen molar-refractivity contribution in [2.75, 3.05) is 0 Å². The molecule has 0 unspecified atom stereocenters. The summed E-state index contributed by atoms with van der Waals surface area (Å²) in [5, 5.41) is 0. The molecule has 31 heavy (non-hydrogen) atoms. The Bertz CT molecular complexity index is 712. The fourth-order valence-electron chi connectivity index (χ4n) is 5.20. The first-order valence-corrected chi connectivity index (χ1v) is 12.4. The first-order valence-electron chi connectivity index (χ1n) is 12.4. The monoisotopic (exact) mass is 428 g/mol. The Balaban J connectivity index is 1.35. The molecule has 0 amide bonds. The van der Waals surface area contributed by atoms with Crippen LogP contribution in [0.3, 0.4) is 0 Å². The Morgan fingerprint density at radius 1 is 0.968 bits per heavy atom. The third-order valence-corrected chi connectivity index (χ3v) is 7.15. The maximum atomic E-state index is 12.3. The molecule has 3 rings (SSSR count). The largest absolute Gasteiger partial charge is 0.435 e. The van der Waals surface area contributed by atoms with Gasteiger partial charge in [-0.3, -0.25) is 0 Å². The minimum atomic E-state index is -2.76. The minimum absolute atomic E-state index is 0.232. The van der Waals surface area contributed by atoms with E-state index in [1.807, 2.05) is 12.1 Å². The van der Waals surface area contributed by atoms with Crippen molar-refractivity contribution < 1.29 is 13.5 Å². The fraction of sp³-hybridized carbons (Fsp3) is 0.643. The van der Waals surface area contributed by atoms with E-state index in [1.165, 1.54) is 56.9 Å². The molecule has 3 heteroatoms. The highest BCUT2D eigenvalue weighted by atomic mass is 19.3. The van der Waals surface area contributed by atoms with Crippen LogP contribution in [0.5, 0.6) is 5.75 Å².